The van der Waals surface area contributed by atoms with Crippen molar-refractivity contribution in [3.8, 4) is 22.5 Å². The van der Waals surface area contributed by atoms with Gasteiger partial charge in [0.25, 0.3) is 0 Å². The molecule has 1 fully saturated rings. The van der Waals surface area contributed by atoms with Crippen molar-refractivity contribution in [1.29, 1.82) is 0 Å². The zero-order chi connectivity index (χ0) is 25.1. The van der Waals surface area contributed by atoms with Crippen LogP contribution in [0.4, 0.5) is 0 Å². The molecular weight excluding hydrogens is 450 g/mol. The number of hydrogen-bond acceptors (Lipinski definition) is 5. The largest absolute Gasteiger partial charge is 0.465 e. The minimum absolute atomic E-state index is 0.119. The standard InChI is InChI=1S/C31H31NO4/c1-3-35-30(34)31(19-20-31)26-16-14-24(15-17-26)23-10-12-25(13-11-23)29-28(21(2)32-36-29)27(33)18-9-22-7-5-4-6-8-22/h4-8,10-17,27,33H,3,9,18-20H2,1-2H3. The quantitative estimate of drug-likeness (QED) is 0.274. The fourth-order valence-corrected chi connectivity index (χ4v) is 4.87. The van der Waals surface area contributed by atoms with Gasteiger partial charge in [-0.05, 0) is 61.8 Å². The molecule has 0 amide bonds. The number of aliphatic hydroxyl groups is 1. The maximum atomic E-state index is 12.4. The van der Waals surface area contributed by atoms with Crippen LogP contribution in [0.3, 0.4) is 0 Å². The topological polar surface area (TPSA) is 72.6 Å². The number of hydrogen-bond donors (Lipinski definition) is 1. The summed E-state index contributed by atoms with van der Waals surface area (Å²) >= 11 is 0. The third-order valence-electron chi connectivity index (χ3n) is 7.12. The van der Waals surface area contributed by atoms with E-state index in [-0.39, 0.29) is 5.97 Å². The molecule has 1 N–H and O–H groups in total. The van der Waals surface area contributed by atoms with Crippen molar-refractivity contribution in [3.63, 3.8) is 0 Å². The molecule has 0 bridgehead atoms. The number of aryl methyl sites for hydroxylation is 2. The SMILES string of the molecule is CCOC(=O)C1(c2ccc(-c3ccc(-c4onc(C)c4C(O)CCc4ccccc4)cc3)cc2)CC1. The Morgan fingerprint density at radius 3 is 2.19 bits per heavy atom. The summed E-state index contributed by atoms with van der Waals surface area (Å²) in [6.45, 7) is 4.11. The number of esters is 1. The van der Waals surface area contributed by atoms with E-state index in [9.17, 15) is 9.90 Å². The van der Waals surface area contributed by atoms with Gasteiger partial charge in [0, 0.05) is 5.56 Å². The normalized spacial score (nSPS) is 14.9. The molecule has 0 aliphatic heterocycles. The van der Waals surface area contributed by atoms with Gasteiger partial charge < -0.3 is 14.4 Å². The molecule has 5 nitrogen and oxygen atoms in total. The number of carbonyl (C=O) groups excluding carboxylic acids is 1. The highest BCUT2D eigenvalue weighted by molar-refractivity contribution is 5.87. The molecule has 0 radical (unpaired) electrons. The first-order chi connectivity index (χ1) is 17.5. The molecule has 1 unspecified atom stereocenters. The fourth-order valence-electron chi connectivity index (χ4n) is 4.87. The Hall–Kier alpha value is -3.70. The zero-order valence-corrected chi connectivity index (χ0v) is 20.7. The predicted octanol–water partition coefficient (Wildman–Crippen LogP) is 6.58. The van der Waals surface area contributed by atoms with Crippen molar-refractivity contribution in [2.45, 2.75) is 51.0 Å². The van der Waals surface area contributed by atoms with Gasteiger partial charge in [0.05, 0.1) is 29.4 Å². The molecule has 184 valence electrons. The van der Waals surface area contributed by atoms with Crippen molar-refractivity contribution in [3.05, 3.63) is 101 Å². The summed E-state index contributed by atoms with van der Waals surface area (Å²) in [4.78, 5) is 12.4. The molecule has 0 saturated heterocycles. The van der Waals surface area contributed by atoms with E-state index < -0.39 is 11.5 Å². The van der Waals surface area contributed by atoms with Gasteiger partial charge in [-0.1, -0.05) is 84.0 Å². The van der Waals surface area contributed by atoms with Gasteiger partial charge in [-0.25, -0.2) is 0 Å². The lowest BCUT2D eigenvalue weighted by atomic mass is 9.93. The van der Waals surface area contributed by atoms with Crippen LogP contribution >= 0.6 is 0 Å². The van der Waals surface area contributed by atoms with Crippen LogP contribution in [-0.4, -0.2) is 22.8 Å². The van der Waals surface area contributed by atoms with E-state index in [2.05, 4.69) is 29.4 Å². The van der Waals surface area contributed by atoms with Crippen molar-refractivity contribution >= 4 is 5.97 Å². The maximum Gasteiger partial charge on any atom is 0.316 e. The van der Waals surface area contributed by atoms with Crippen molar-refractivity contribution in [1.82, 2.24) is 5.16 Å². The minimum atomic E-state index is -0.659. The fraction of sp³-hybridized carbons (Fsp3) is 0.290. The highest BCUT2D eigenvalue weighted by Gasteiger charge is 2.52. The highest BCUT2D eigenvalue weighted by atomic mass is 16.5. The van der Waals surface area contributed by atoms with Gasteiger partial charge in [-0.15, -0.1) is 0 Å². The lowest BCUT2D eigenvalue weighted by Gasteiger charge is -2.15. The summed E-state index contributed by atoms with van der Waals surface area (Å²) in [5.74, 6) is 0.492. The first kappa shape index (κ1) is 24.0. The van der Waals surface area contributed by atoms with Crippen LogP contribution in [-0.2, 0) is 21.4 Å². The van der Waals surface area contributed by atoms with E-state index in [1.54, 1.807) is 0 Å². The predicted molar refractivity (Wildman–Crippen MR) is 139 cm³/mol. The van der Waals surface area contributed by atoms with Crippen LogP contribution in [0.2, 0.25) is 0 Å². The van der Waals surface area contributed by atoms with E-state index >= 15 is 0 Å². The Morgan fingerprint density at radius 1 is 0.972 bits per heavy atom. The maximum absolute atomic E-state index is 12.4. The zero-order valence-electron chi connectivity index (χ0n) is 20.7. The van der Waals surface area contributed by atoms with E-state index in [4.69, 9.17) is 9.26 Å². The third-order valence-corrected chi connectivity index (χ3v) is 7.12. The van der Waals surface area contributed by atoms with Gasteiger partial charge in [0.2, 0.25) is 0 Å². The molecule has 1 heterocycles. The monoisotopic (exact) mass is 481 g/mol. The van der Waals surface area contributed by atoms with Crippen LogP contribution in [0.25, 0.3) is 22.5 Å². The molecule has 3 aromatic carbocycles. The van der Waals surface area contributed by atoms with Gasteiger partial charge >= 0.3 is 5.97 Å². The van der Waals surface area contributed by atoms with Crippen LogP contribution in [0, 0.1) is 6.92 Å². The number of ether oxygens (including phenoxy) is 1. The molecule has 0 spiro atoms. The molecule has 36 heavy (non-hydrogen) atoms. The van der Waals surface area contributed by atoms with Gasteiger partial charge in [0.1, 0.15) is 0 Å². The average molecular weight is 482 g/mol. The number of carbonyl (C=O) groups is 1. The molecule has 1 aromatic heterocycles. The Balaban J connectivity index is 1.31. The van der Waals surface area contributed by atoms with Crippen LogP contribution in [0.5, 0.6) is 0 Å². The van der Waals surface area contributed by atoms with E-state index in [0.717, 1.165) is 47.1 Å². The Bertz CT molecular complexity index is 1320. The molecule has 1 aliphatic carbocycles. The van der Waals surface area contributed by atoms with E-state index in [1.807, 2.05) is 68.4 Å². The lowest BCUT2D eigenvalue weighted by Crippen LogP contribution is -2.23. The highest BCUT2D eigenvalue weighted by Crippen LogP contribution is 2.49. The number of aliphatic hydroxyl groups excluding tert-OH is 1. The van der Waals surface area contributed by atoms with Gasteiger partial charge in [-0.2, -0.15) is 0 Å². The molecule has 1 atom stereocenters. The van der Waals surface area contributed by atoms with Crippen LogP contribution in [0.1, 0.15) is 54.7 Å². The lowest BCUT2D eigenvalue weighted by molar-refractivity contribution is -0.146. The van der Waals surface area contributed by atoms with E-state index in [1.165, 1.54) is 5.56 Å². The second kappa shape index (κ2) is 10.1. The minimum Gasteiger partial charge on any atom is -0.465 e. The van der Waals surface area contributed by atoms with Gasteiger partial charge in [0.15, 0.2) is 5.76 Å². The molecule has 1 saturated carbocycles. The number of rotatable bonds is 9. The first-order valence-electron chi connectivity index (χ1n) is 12.6. The molecule has 5 heteroatoms. The third kappa shape index (κ3) is 4.71. The summed E-state index contributed by atoms with van der Waals surface area (Å²) in [6, 6.07) is 26.4. The Morgan fingerprint density at radius 2 is 1.58 bits per heavy atom. The Kier molecular flexibility index (Phi) is 6.75. The van der Waals surface area contributed by atoms with Crippen LogP contribution in [0.15, 0.2) is 83.4 Å². The second-order valence-corrected chi connectivity index (χ2v) is 9.51. The summed E-state index contributed by atoms with van der Waals surface area (Å²) in [6.07, 6.45) is 2.40. The number of benzene rings is 3. The van der Waals surface area contributed by atoms with E-state index in [0.29, 0.717) is 24.5 Å². The summed E-state index contributed by atoms with van der Waals surface area (Å²) in [5, 5.41) is 15.1. The number of aromatic nitrogens is 1. The summed E-state index contributed by atoms with van der Waals surface area (Å²) in [5.41, 5.74) is 6.22. The molecule has 4 aromatic rings. The second-order valence-electron chi connectivity index (χ2n) is 9.51. The smallest absolute Gasteiger partial charge is 0.316 e. The van der Waals surface area contributed by atoms with Crippen LogP contribution < -0.4 is 0 Å². The van der Waals surface area contributed by atoms with Crippen molar-refractivity contribution in [2.75, 3.05) is 6.61 Å². The summed E-state index contributed by atoms with van der Waals surface area (Å²) in [7, 11) is 0. The average Bonchev–Trinajstić information content (AvgIpc) is 3.64. The molecule has 5 rings (SSSR count). The number of nitrogens with zero attached hydrogens (tertiary/aromatic N) is 1. The van der Waals surface area contributed by atoms with Gasteiger partial charge in [-0.3, -0.25) is 4.79 Å². The van der Waals surface area contributed by atoms with Crippen molar-refractivity contribution < 1.29 is 19.2 Å². The van der Waals surface area contributed by atoms with Crippen molar-refractivity contribution in [2.24, 2.45) is 0 Å². The molecule has 1 aliphatic rings. The summed E-state index contributed by atoms with van der Waals surface area (Å²) < 4.78 is 10.9. The molecular formula is C31H31NO4. The first-order valence-corrected chi connectivity index (χ1v) is 12.6. The Labute approximate surface area is 211 Å².